The Morgan fingerprint density at radius 3 is 1.83 bits per heavy atom. The molecule has 1 N–H and O–H groups in total. The van der Waals surface area contributed by atoms with Crippen LogP contribution < -0.4 is 4.90 Å². The number of rotatable bonds is 6. The number of nitrogens with one attached hydrogen (secondary N) is 1. The number of halogens is 1. The van der Waals surface area contributed by atoms with Gasteiger partial charge < -0.3 is 4.90 Å². The summed E-state index contributed by atoms with van der Waals surface area (Å²) in [6.07, 6.45) is 4.00. The Bertz CT molecular complexity index is 923. The quantitative estimate of drug-likeness (QED) is 0.540. The van der Waals surface area contributed by atoms with Gasteiger partial charge in [-0.2, -0.15) is 5.10 Å². The van der Waals surface area contributed by atoms with Crippen molar-refractivity contribution >= 4 is 28.2 Å². The van der Waals surface area contributed by atoms with Crippen molar-refractivity contribution in [3.63, 3.8) is 0 Å². The molecule has 0 aliphatic carbocycles. The molecule has 0 spiro atoms. The Kier molecular flexibility index (Phi) is 7.11. The van der Waals surface area contributed by atoms with Crippen LogP contribution in [0.1, 0.15) is 22.7 Å². The number of nitrogens with zero attached hydrogens (tertiary/aromatic N) is 2. The lowest BCUT2D eigenvalue weighted by molar-refractivity contribution is -0.929. The van der Waals surface area contributed by atoms with Gasteiger partial charge in [0.2, 0.25) is 0 Å². The largest absolute Gasteiger partial charge is 0.322 e. The molecule has 3 aromatic carbocycles. The van der Waals surface area contributed by atoms with Crippen molar-refractivity contribution in [1.82, 2.24) is 5.01 Å². The first-order chi connectivity index (χ1) is 14.8. The SMILES string of the molecule is BrC(/C=N\N1CC[NH+](C(c2ccccc2)c2ccccc2)CC1)=C\c1ccccc1. The van der Waals surface area contributed by atoms with E-state index in [4.69, 9.17) is 5.10 Å². The molecule has 1 aliphatic rings. The van der Waals surface area contributed by atoms with Gasteiger partial charge in [-0.1, -0.05) is 91.0 Å². The second-order valence-electron chi connectivity index (χ2n) is 7.55. The minimum absolute atomic E-state index is 0.364. The van der Waals surface area contributed by atoms with Crippen LogP contribution >= 0.6 is 15.9 Å². The smallest absolute Gasteiger partial charge is 0.139 e. The van der Waals surface area contributed by atoms with Crippen molar-refractivity contribution in [2.24, 2.45) is 5.10 Å². The van der Waals surface area contributed by atoms with Crippen molar-refractivity contribution in [2.45, 2.75) is 6.04 Å². The number of hydrogen-bond donors (Lipinski definition) is 1. The molecule has 0 radical (unpaired) electrons. The summed E-state index contributed by atoms with van der Waals surface area (Å²) in [5.74, 6) is 0. The van der Waals surface area contributed by atoms with Gasteiger partial charge in [0.25, 0.3) is 0 Å². The molecule has 1 saturated heterocycles. The highest BCUT2D eigenvalue weighted by Gasteiger charge is 2.29. The maximum atomic E-state index is 4.70. The third-order valence-electron chi connectivity index (χ3n) is 5.50. The first-order valence-electron chi connectivity index (χ1n) is 10.5. The maximum absolute atomic E-state index is 4.70. The van der Waals surface area contributed by atoms with Crippen molar-refractivity contribution in [2.75, 3.05) is 26.2 Å². The Morgan fingerprint density at radius 2 is 1.30 bits per heavy atom. The number of piperazine rings is 1. The molecule has 0 saturated carbocycles. The number of benzene rings is 3. The van der Waals surface area contributed by atoms with Gasteiger partial charge in [-0.05, 0) is 27.6 Å². The molecule has 0 amide bonds. The van der Waals surface area contributed by atoms with Gasteiger partial charge in [-0.15, -0.1) is 0 Å². The van der Waals surface area contributed by atoms with Gasteiger partial charge in [0.05, 0.1) is 32.4 Å². The molecule has 30 heavy (non-hydrogen) atoms. The third kappa shape index (κ3) is 5.47. The summed E-state index contributed by atoms with van der Waals surface area (Å²) >= 11 is 3.62. The predicted octanol–water partition coefficient (Wildman–Crippen LogP) is 4.40. The van der Waals surface area contributed by atoms with Crippen LogP contribution in [-0.2, 0) is 0 Å². The fourth-order valence-corrected chi connectivity index (χ4v) is 4.38. The lowest BCUT2D eigenvalue weighted by Gasteiger charge is -2.35. The minimum Gasteiger partial charge on any atom is -0.322 e. The lowest BCUT2D eigenvalue weighted by atomic mass is 9.96. The number of quaternary nitrogens is 1. The van der Waals surface area contributed by atoms with Gasteiger partial charge >= 0.3 is 0 Å². The van der Waals surface area contributed by atoms with Gasteiger partial charge in [0.15, 0.2) is 0 Å². The number of allylic oxidation sites excluding steroid dienone is 1. The van der Waals surface area contributed by atoms with Crippen LogP contribution in [0.3, 0.4) is 0 Å². The van der Waals surface area contributed by atoms with Gasteiger partial charge in [0, 0.05) is 15.6 Å². The van der Waals surface area contributed by atoms with Crippen LogP contribution in [0.5, 0.6) is 0 Å². The Hall–Kier alpha value is -2.69. The topological polar surface area (TPSA) is 20.0 Å². The van der Waals surface area contributed by atoms with Crippen LogP contribution in [0.15, 0.2) is 101 Å². The second-order valence-corrected chi connectivity index (χ2v) is 8.47. The first-order valence-corrected chi connectivity index (χ1v) is 11.2. The summed E-state index contributed by atoms with van der Waals surface area (Å²) < 4.78 is 0.981. The molecule has 0 unspecified atom stereocenters. The van der Waals surface area contributed by atoms with E-state index in [1.54, 1.807) is 4.90 Å². The zero-order chi connectivity index (χ0) is 20.6. The molecule has 0 atom stereocenters. The Labute approximate surface area is 187 Å². The van der Waals surface area contributed by atoms with Crippen LogP contribution in [0, 0.1) is 0 Å². The summed E-state index contributed by atoms with van der Waals surface area (Å²) in [4.78, 5) is 1.60. The van der Waals surface area contributed by atoms with E-state index in [-0.39, 0.29) is 0 Å². The molecule has 0 aromatic heterocycles. The van der Waals surface area contributed by atoms with E-state index in [0.717, 1.165) is 30.7 Å². The van der Waals surface area contributed by atoms with Crippen molar-refractivity contribution < 1.29 is 4.90 Å². The third-order valence-corrected chi connectivity index (χ3v) is 5.94. The Balaban J connectivity index is 1.42. The summed E-state index contributed by atoms with van der Waals surface area (Å²) in [6.45, 7) is 4.03. The molecule has 3 aromatic rings. The molecule has 4 heteroatoms. The fourth-order valence-electron chi connectivity index (χ4n) is 4.02. The van der Waals surface area contributed by atoms with E-state index in [1.165, 1.54) is 16.7 Å². The highest BCUT2D eigenvalue weighted by molar-refractivity contribution is 9.12. The van der Waals surface area contributed by atoms with E-state index in [2.05, 4.69) is 99.8 Å². The fraction of sp³-hybridized carbons (Fsp3) is 0.192. The van der Waals surface area contributed by atoms with Crippen molar-refractivity contribution in [3.8, 4) is 0 Å². The number of hydrazone groups is 1. The van der Waals surface area contributed by atoms with Gasteiger partial charge in [0.1, 0.15) is 6.04 Å². The van der Waals surface area contributed by atoms with E-state index in [0.29, 0.717) is 6.04 Å². The van der Waals surface area contributed by atoms with Crippen LogP contribution in [0.25, 0.3) is 6.08 Å². The molecule has 1 heterocycles. The molecular formula is C26H27BrN3+. The average Bonchev–Trinajstić information content (AvgIpc) is 2.81. The highest BCUT2D eigenvalue weighted by atomic mass is 79.9. The van der Waals surface area contributed by atoms with E-state index >= 15 is 0 Å². The van der Waals surface area contributed by atoms with Crippen molar-refractivity contribution in [3.05, 3.63) is 112 Å². The normalized spacial score (nSPS) is 15.8. The standard InChI is InChI=1S/C26H26BrN3/c27-25(20-22-10-4-1-5-11-22)21-28-30-18-16-29(17-19-30)26(23-12-6-2-7-13-23)24-14-8-3-9-15-24/h1-15,20-21,26H,16-19H2/p+1/b25-20-,28-21-. The van der Waals surface area contributed by atoms with Crippen LogP contribution in [0.4, 0.5) is 0 Å². The lowest BCUT2D eigenvalue weighted by Crippen LogP contribution is -3.15. The minimum atomic E-state index is 0.364. The summed E-state index contributed by atoms with van der Waals surface area (Å²) in [5, 5.41) is 6.88. The molecule has 152 valence electrons. The van der Waals surface area contributed by atoms with E-state index in [9.17, 15) is 0 Å². The molecular weight excluding hydrogens is 434 g/mol. The highest BCUT2D eigenvalue weighted by Crippen LogP contribution is 2.19. The maximum Gasteiger partial charge on any atom is 0.139 e. The number of hydrogen-bond acceptors (Lipinski definition) is 2. The molecule has 3 nitrogen and oxygen atoms in total. The monoisotopic (exact) mass is 460 g/mol. The zero-order valence-corrected chi connectivity index (χ0v) is 18.6. The van der Waals surface area contributed by atoms with E-state index < -0.39 is 0 Å². The first kappa shape index (κ1) is 20.6. The van der Waals surface area contributed by atoms with Crippen LogP contribution in [0.2, 0.25) is 0 Å². The predicted molar refractivity (Wildman–Crippen MR) is 129 cm³/mol. The summed E-state index contributed by atoms with van der Waals surface area (Å²) in [7, 11) is 0. The Morgan fingerprint density at radius 1 is 0.800 bits per heavy atom. The second kappa shape index (κ2) is 10.4. The average molecular weight is 461 g/mol. The summed E-state index contributed by atoms with van der Waals surface area (Å²) in [5.41, 5.74) is 3.92. The molecule has 1 fully saturated rings. The summed E-state index contributed by atoms with van der Waals surface area (Å²) in [6, 6.07) is 32.4. The zero-order valence-electron chi connectivity index (χ0n) is 17.0. The van der Waals surface area contributed by atoms with E-state index in [1.807, 2.05) is 24.4 Å². The molecule has 0 bridgehead atoms. The molecule has 4 rings (SSSR count). The van der Waals surface area contributed by atoms with Gasteiger partial charge in [-0.25, -0.2) is 0 Å². The van der Waals surface area contributed by atoms with Crippen molar-refractivity contribution in [1.29, 1.82) is 0 Å². The van der Waals surface area contributed by atoms with Crippen LogP contribution in [-0.4, -0.2) is 37.4 Å². The van der Waals surface area contributed by atoms with Gasteiger partial charge in [-0.3, -0.25) is 5.01 Å². The molecule has 1 aliphatic heterocycles.